The third-order valence-corrected chi connectivity index (χ3v) is 3.21. The molecule has 0 spiro atoms. The molecule has 0 unspecified atom stereocenters. The highest BCUT2D eigenvalue weighted by Crippen LogP contribution is 2.26. The maximum absolute atomic E-state index is 10.2. The van der Waals surface area contributed by atoms with Gasteiger partial charge >= 0.3 is 0 Å². The number of imidazole rings is 1. The van der Waals surface area contributed by atoms with Gasteiger partial charge in [-0.3, -0.25) is 0 Å². The summed E-state index contributed by atoms with van der Waals surface area (Å²) in [4.78, 5) is 4.51. The molecule has 0 fully saturated rings. The summed E-state index contributed by atoms with van der Waals surface area (Å²) in [6.45, 7) is 1.98. The highest BCUT2D eigenvalue weighted by atomic mass is 16.5. The normalized spacial score (nSPS) is 10.8. The number of methoxy groups -OCH3 is 1. The van der Waals surface area contributed by atoms with Crippen molar-refractivity contribution in [1.29, 1.82) is 0 Å². The number of para-hydroxylation sites is 1. The molecule has 0 bridgehead atoms. The van der Waals surface area contributed by atoms with Crippen LogP contribution >= 0.6 is 0 Å². The molecule has 2 aromatic carbocycles. The summed E-state index contributed by atoms with van der Waals surface area (Å²) < 4.78 is 6.25. The third kappa shape index (κ3) is 1.81. The van der Waals surface area contributed by atoms with Gasteiger partial charge in [-0.1, -0.05) is 12.1 Å². The lowest BCUT2D eigenvalue weighted by molar-refractivity contribution is 0.203. The average Bonchev–Trinajstić information content (AvgIpc) is 2.78. The van der Waals surface area contributed by atoms with Gasteiger partial charge in [0.2, 0.25) is 0 Å². The van der Waals surface area contributed by atoms with Crippen molar-refractivity contribution < 1.29 is 9.94 Å². The van der Waals surface area contributed by atoms with Gasteiger partial charge in [0, 0.05) is 5.56 Å². The zero-order valence-electron chi connectivity index (χ0n) is 10.8. The molecule has 19 heavy (non-hydrogen) atoms. The van der Waals surface area contributed by atoms with Crippen LogP contribution in [0.1, 0.15) is 5.56 Å². The Morgan fingerprint density at radius 3 is 2.47 bits per heavy atom. The fourth-order valence-electron chi connectivity index (χ4n) is 2.15. The Balaban J connectivity index is 2.19. The van der Waals surface area contributed by atoms with Gasteiger partial charge in [0.05, 0.1) is 12.6 Å². The van der Waals surface area contributed by atoms with Crippen LogP contribution in [-0.4, -0.2) is 22.0 Å². The fraction of sp³-hybridized carbons (Fsp3) is 0.133. The van der Waals surface area contributed by atoms with Crippen LogP contribution < -0.4 is 4.74 Å². The van der Waals surface area contributed by atoms with E-state index in [2.05, 4.69) is 4.98 Å². The summed E-state index contributed by atoms with van der Waals surface area (Å²) >= 11 is 0. The standard InChI is InChI=1S/C15H14N2O2/c1-10-4-3-5-13-14(10)16-15(17(13)18)11-6-8-12(19-2)9-7-11/h3-9,18H,1-2H3. The van der Waals surface area contributed by atoms with E-state index < -0.39 is 0 Å². The predicted octanol–water partition coefficient (Wildman–Crippen LogP) is 3.26. The second-order valence-electron chi connectivity index (χ2n) is 4.42. The Labute approximate surface area is 110 Å². The molecule has 1 heterocycles. The van der Waals surface area contributed by atoms with Gasteiger partial charge in [0.25, 0.3) is 0 Å². The molecule has 1 aromatic heterocycles. The first-order valence-electron chi connectivity index (χ1n) is 6.02. The van der Waals surface area contributed by atoms with E-state index in [1.54, 1.807) is 7.11 Å². The molecule has 0 aliphatic rings. The lowest BCUT2D eigenvalue weighted by Gasteiger charge is -2.02. The molecule has 1 N–H and O–H groups in total. The van der Waals surface area contributed by atoms with E-state index in [9.17, 15) is 5.21 Å². The van der Waals surface area contributed by atoms with Gasteiger partial charge in [0.15, 0.2) is 5.82 Å². The van der Waals surface area contributed by atoms with Gasteiger partial charge in [0.1, 0.15) is 11.3 Å². The Morgan fingerprint density at radius 1 is 1.11 bits per heavy atom. The van der Waals surface area contributed by atoms with Crippen molar-refractivity contribution in [2.24, 2.45) is 0 Å². The fourth-order valence-corrected chi connectivity index (χ4v) is 2.15. The summed E-state index contributed by atoms with van der Waals surface area (Å²) in [5.74, 6) is 1.31. The van der Waals surface area contributed by atoms with E-state index in [4.69, 9.17) is 4.74 Å². The minimum atomic E-state index is 0.534. The van der Waals surface area contributed by atoms with Crippen LogP contribution in [0.25, 0.3) is 22.4 Å². The molecular formula is C15H14N2O2. The molecule has 0 atom stereocenters. The number of aryl methyl sites for hydroxylation is 1. The van der Waals surface area contributed by atoms with E-state index in [0.717, 1.165) is 27.1 Å². The average molecular weight is 254 g/mol. The lowest BCUT2D eigenvalue weighted by atomic mass is 10.2. The van der Waals surface area contributed by atoms with Gasteiger partial charge in [-0.25, -0.2) is 4.98 Å². The van der Waals surface area contributed by atoms with Crippen molar-refractivity contribution in [2.75, 3.05) is 7.11 Å². The Kier molecular flexibility index (Phi) is 2.63. The van der Waals surface area contributed by atoms with E-state index in [-0.39, 0.29) is 0 Å². The van der Waals surface area contributed by atoms with Crippen molar-refractivity contribution in [2.45, 2.75) is 6.92 Å². The van der Waals surface area contributed by atoms with E-state index in [1.807, 2.05) is 49.4 Å². The highest BCUT2D eigenvalue weighted by molar-refractivity contribution is 5.82. The first kappa shape index (κ1) is 11.6. The smallest absolute Gasteiger partial charge is 0.176 e. The summed E-state index contributed by atoms with van der Waals surface area (Å²) in [6.07, 6.45) is 0. The molecule has 3 aromatic rings. The third-order valence-electron chi connectivity index (χ3n) is 3.21. The molecule has 0 aliphatic carbocycles. The van der Waals surface area contributed by atoms with Crippen LogP contribution in [0.4, 0.5) is 0 Å². The molecular weight excluding hydrogens is 240 g/mol. The van der Waals surface area contributed by atoms with E-state index in [0.29, 0.717) is 11.3 Å². The van der Waals surface area contributed by atoms with E-state index >= 15 is 0 Å². The largest absolute Gasteiger partial charge is 0.497 e. The van der Waals surface area contributed by atoms with Crippen LogP contribution in [0.3, 0.4) is 0 Å². The van der Waals surface area contributed by atoms with Crippen molar-refractivity contribution in [1.82, 2.24) is 9.71 Å². The number of benzene rings is 2. The minimum Gasteiger partial charge on any atom is -0.497 e. The molecule has 0 saturated heterocycles. The van der Waals surface area contributed by atoms with E-state index in [1.165, 1.54) is 0 Å². The van der Waals surface area contributed by atoms with Crippen LogP contribution in [-0.2, 0) is 0 Å². The summed E-state index contributed by atoms with van der Waals surface area (Å²) in [6, 6.07) is 13.2. The van der Waals surface area contributed by atoms with Crippen molar-refractivity contribution in [3.8, 4) is 17.1 Å². The van der Waals surface area contributed by atoms with Crippen LogP contribution in [0, 0.1) is 6.92 Å². The first-order chi connectivity index (χ1) is 9.20. The molecule has 0 radical (unpaired) electrons. The van der Waals surface area contributed by atoms with Crippen LogP contribution in [0.15, 0.2) is 42.5 Å². The number of ether oxygens (including phenoxy) is 1. The Morgan fingerprint density at radius 2 is 1.84 bits per heavy atom. The van der Waals surface area contributed by atoms with Gasteiger partial charge in [-0.05, 0) is 42.8 Å². The molecule has 96 valence electrons. The highest BCUT2D eigenvalue weighted by Gasteiger charge is 2.13. The number of aromatic nitrogens is 2. The second-order valence-corrected chi connectivity index (χ2v) is 4.42. The molecule has 4 nitrogen and oxygen atoms in total. The number of hydrogen-bond donors (Lipinski definition) is 1. The molecule has 0 saturated carbocycles. The van der Waals surface area contributed by atoms with Crippen molar-refractivity contribution in [3.63, 3.8) is 0 Å². The van der Waals surface area contributed by atoms with Gasteiger partial charge in [-0.15, -0.1) is 0 Å². The summed E-state index contributed by atoms with van der Waals surface area (Å²) in [7, 11) is 1.62. The lowest BCUT2D eigenvalue weighted by Crippen LogP contribution is -1.94. The Bertz CT molecular complexity index is 730. The first-order valence-corrected chi connectivity index (χ1v) is 6.02. The quantitative estimate of drug-likeness (QED) is 0.714. The number of hydrogen-bond acceptors (Lipinski definition) is 3. The number of fused-ring (bicyclic) bond motifs is 1. The molecule has 0 aliphatic heterocycles. The maximum atomic E-state index is 10.2. The van der Waals surface area contributed by atoms with Crippen LogP contribution in [0.2, 0.25) is 0 Å². The zero-order chi connectivity index (χ0) is 13.4. The predicted molar refractivity (Wildman–Crippen MR) is 73.6 cm³/mol. The summed E-state index contributed by atoms with van der Waals surface area (Å²) in [5.41, 5.74) is 3.42. The second kappa shape index (κ2) is 4.31. The summed E-state index contributed by atoms with van der Waals surface area (Å²) in [5, 5.41) is 10.2. The molecule has 3 rings (SSSR count). The maximum Gasteiger partial charge on any atom is 0.176 e. The van der Waals surface area contributed by atoms with Gasteiger partial charge in [-0.2, -0.15) is 4.73 Å². The number of rotatable bonds is 2. The Hall–Kier alpha value is -2.49. The van der Waals surface area contributed by atoms with Crippen molar-refractivity contribution in [3.05, 3.63) is 48.0 Å². The molecule has 0 amide bonds. The van der Waals surface area contributed by atoms with Crippen LogP contribution in [0.5, 0.6) is 5.75 Å². The molecule has 4 heteroatoms. The van der Waals surface area contributed by atoms with Gasteiger partial charge < -0.3 is 9.94 Å². The minimum absolute atomic E-state index is 0.534. The number of nitrogens with zero attached hydrogens (tertiary/aromatic N) is 2. The van der Waals surface area contributed by atoms with Crippen molar-refractivity contribution >= 4 is 11.0 Å². The monoisotopic (exact) mass is 254 g/mol. The SMILES string of the molecule is COc1ccc(-c2nc3c(C)cccc3n2O)cc1. The topological polar surface area (TPSA) is 47.3 Å². The zero-order valence-corrected chi connectivity index (χ0v) is 10.8.